The molecule has 1 aromatic rings. The first-order valence-electron chi connectivity index (χ1n) is 35.0. The maximum atomic E-state index is 11.8. The van der Waals surface area contributed by atoms with E-state index in [2.05, 4.69) is 26.0 Å². The Bertz CT molecular complexity index is 1350. The smallest absolute Gasteiger partial charge is 0.405 e. The first-order valence-corrected chi connectivity index (χ1v) is 35.0. The van der Waals surface area contributed by atoms with Crippen LogP contribution < -0.4 is 11.5 Å². The molecule has 0 heterocycles. The van der Waals surface area contributed by atoms with Gasteiger partial charge in [0.1, 0.15) is 0 Å². The SMILES string of the molecule is CCCCCCCCCCCCCCCCCCCCCCCCCCCCCCCc1ccc(C(OC(N)=O)OC(N)=O)c(CCCCCCCCCCCCCCCCCCCCCCCCCCCCCCC)c1. The van der Waals surface area contributed by atoms with Gasteiger partial charge in [0.25, 0.3) is 6.29 Å². The fourth-order valence-electron chi connectivity index (χ4n) is 12.0. The molecule has 2 amide bonds. The van der Waals surface area contributed by atoms with E-state index in [0.717, 1.165) is 37.7 Å². The summed E-state index contributed by atoms with van der Waals surface area (Å²) in [4.78, 5) is 23.5. The number of hydrogen-bond acceptors (Lipinski definition) is 4. The van der Waals surface area contributed by atoms with Crippen LogP contribution in [0.1, 0.15) is 409 Å². The molecule has 0 bridgehead atoms. The zero-order valence-corrected chi connectivity index (χ0v) is 52.0. The van der Waals surface area contributed by atoms with Gasteiger partial charge in [-0.2, -0.15) is 0 Å². The van der Waals surface area contributed by atoms with Crippen molar-refractivity contribution in [2.45, 2.75) is 405 Å². The van der Waals surface area contributed by atoms with Crippen molar-refractivity contribution < 1.29 is 19.1 Å². The van der Waals surface area contributed by atoms with Crippen LogP contribution in [-0.2, 0) is 22.3 Å². The number of ether oxygens (including phenoxy) is 2. The second-order valence-electron chi connectivity index (χ2n) is 24.5. The Morgan fingerprint density at radius 1 is 0.299 bits per heavy atom. The van der Waals surface area contributed by atoms with E-state index in [4.69, 9.17) is 20.9 Å². The molecule has 0 aliphatic heterocycles. The zero-order chi connectivity index (χ0) is 55.4. The number of carbonyl (C=O) groups excluding carboxylic acids is 2. The molecule has 0 spiro atoms. The van der Waals surface area contributed by atoms with Crippen LogP contribution in [0.3, 0.4) is 0 Å². The Morgan fingerprint density at radius 3 is 0.701 bits per heavy atom. The summed E-state index contributed by atoms with van der Waals surface area (Å²) >= 11 is 0. The Kier molecular flexibility index (Phi) is 56.6. The number of benzene rings is 1. The van der Waals surface area contributed by atoms with E-state index in [-0.39, 0.29) is 0 Å². The average molecular weight is 1080 g/mol. The van der Waals surface area contributed by atoms with Gasteiger partial charge >= 0.3 is 12.2 Å². The summed E-state index contributed by atoms with van der Waals surface area (Å²) in [5.74, 6) is 0. The minimum Gasteiger partial charge on any atom is -0.405 e. The second kappa shape index (κ2) is 59.9. The van der Waals surface area contributed by atoms with E-state index in [9.17, 15) is 9.59 Å². The largest absolute Gasteiger partial charge is 0.407 e. The summed E-state index contributed by atoms with van der Waals surface area (Å²) in [6.45, 7) is 4.61. The van der Waals surface area contributed by atoms with E-state index < -0.39 is 18.5 Å². The van der Waals surface area contributed by atoms with Gasteiger partial charge in [-0.25, -0.2) is 9.59 Å². The van der Waals surface area contributed by atoms with Crippen molar-refractivity contribution in [1.82, 2.24) is 0 Å². The average Bonchev–Trinajstić information content (AvgIpc) is 3.42. The van der Waals surface area contributed by atoms with Crippen molar-refractivity contribution in [2.24, 2.45) is 11.5 Å². The lowest BCUT2D eigenvalue weighted by Gasteiger charge is -2.20. The van der Waals surface area contributed by atoms with Crippen molar-refractivity contribution in [3.05, 3.63) is 34.9 Å². The first-order chi connectivity index (χ1) is 38.0. The Morgan fingerprint density at radius 2 is 0.494 bits per heavy atom. The highest BCUT2D eigenvalue weighted by Gasteiger charge is 2.22. The fourth-order valence-corrected chi connectivity index (χ4v) is 12.0. The molecule has 0 atom stereocenters. The lowest BCUT2D eigenvalue weighted by Crippen LogP contribution is -2.25. The maximum absolute atomic E-state index is 11.8. The molecule has 452 valence electrons. The van der Waals surface area contributed by atoms with E-state index >= 15 is 0 Å². The summed E-state index contributed by atoms with van der Waals surface area (Å²) in [6, 6.07) is 6.23. The molecule has 4 N–H and O–H groups in total. The van der Waals surface area contributed by atoms with Gasteiger partial charge in [-0.1, -0.05) is 392 Å². The predicted octanol–water partition coefficient (Wildman–Crippen LogP) is 24.6. The Balaban J connectivity index is 2.06. The lowest BCUT2D eigenvalue weighted by atomic mass is 9.95. The topological polar surface area (TPSA) is 105 Å². The third-order valence-corrected chi connectivity index (χ3v) is 17.0. The number of unbranched alkanes of at least 4 members (excludes halogenated alkanes) is 56. The maximum Gasteiger partial charge on any atom is 0.407 e. The molecule has 0 fully saturated rings. The van der Waals surface area contributed by atoms with Gasteiger partial charge in [0, 0.05) is 5.56 Å². The monoisotopic (exact) mass is 1080 g/mol. The summed E-state index contributed by atoms with van der Waals surface area (Å²) in [5.41, 5.74) is 13.7. The molecule has 0 saturated carbocycles. The van der Waals surface area contributed by atoms with Crippen LogP contribution in [0.25, 0.3) is 0 Å². The fraction of sp³-hybridized carbons (Fsp3) is 0.887. The minimum atomic E-state index is -1.23. The third-order valence-electron chi connectivity index (χ3n) is 17.0. The second-order valence-corrected chi connectivity index (χ2v) is 24.5. The van der Waals surface area contributed by atoms with E-state index in [1.165, 1.54) is 359 Å². The van der Waals surface area contributed by atoms with E-state index in [1.54, 1.807) is 0 Å². The quantitative estimate of drug-likeness (QED) is 0.0501. The van der Waals surface area contributed by atoms with Crippen molar-refractivity contribution in [2.75, 3.05) is 0 Å². The summed E-state index contributed by atoms with van der Waals surface area (Å²) in [6.07, 6.45) is 80.1. The van der Waals surface area contributed by atoms with Gasteiger partial charge in [0.2, 0.25) is 0 Å². The number of nitrogens with two attached hydrogens (primary N) is 2. The highest BCUT2D eigenvalue weighted by atomic mass is 16.7. The van der Waals surface area contributed by atoms with Crippen LogP contribution in [0.5, 0.6) is 0 Å². The van der Waals surface area contributed by atoms with Crippen molar-refractivity contribution in [1.29, 1.82) is 0 Å². The van der Waals surface area contributed by atoms with Crippen LogP contribution in [0, 0.1) is 0 Å². The molecular formula is C71H134N2O4. The van der Waals surface area contributed by atoms with E-state index in [0.29, 0.717) is 5.56 Å². The molecule has 0 radical (unpaired) electrons. The number of hydrogen-bond donors (Lipinski definition) is 2. The number of primary amides is 2. The highest BCUT2D eigenvalue weighted by Crippen LogP contribution is 2.28. The first kappa shape index (κ1) is 72.8. The number of amides is 2. The van der Waals surface area contributed by atoms with Gasteiger partial charge < -0.3 is 20.9 Å². The third kappa shape index (κ3) is 52.9. The van der Waals surface area contributed by atoms with Crippen molar-refractivity contribution >= 4 is 12.2 Å². The molecule has 0 aliphatic carbocycles. The number of carbonyl (C=O) groups is 2. The summed E-state index contributed by atoms with van der Waals surface area (Å²) in [5, 5.41) is 0. The zero-order valence-electron chi connectivity index (χ0n) is 52.0. The van der Waals surface area contributed by atoms with Gasteiger partial charge in [0.05, 0.1) is 0 Å². The van der Waals surface area contributed by atoms with Crippen molar-refractivity contribution in [3.8, 4) is 0 Å². The molecule has 77 heavy (non-hydrogen) atoms. The summed E-state index contributed by atoms with van der Waals surface area (Å²) < 4.78 is 10.5. The van der Waals surface area contributed by atoms with Crippen LogP contribution in [0.15, 0.2) is 18.2 Å². The van der Waals surface area contributed by atoms with Crippen LogP contribution in [0.4, 0.5) is 9.59 Å². The standard InChI is InChI=1S/C71H134N2O4/c1-3-5-7-9-11-13-15-17-19-21-23-25-27-29-31-33-35-37-39-41-43-45-47-49-51-53-55-57-59-61-66-63-64-68(69(76-70(72)74)77-71(73)75)67(65-66)62-60-58-56-54-52-50-48-46-44-42-40-38-36-34-32-30-28-26-24-22-20-18-16-14-12-10-8-6-4-2/h63-65,69H,3-62H2,1-2H3,(H2,72,74)(H2,73,75). The molecule has 1 rings (SSSR count). The number of rotatable bonds is 63. The van der Waals surface area contributed by atoms with Gasteiger partial charge in [0.15, 0.2) is 0 Å². The highest BCUT2D eigenvalue weighted by molar-refractivity contribution is 5.67. The molecule has 1 aromatic carbocycles. The lowest BCUT2D eigenvalue weighted by molar-refractivity contribution is -0.0583. The minimum absolute atomic E-state index is 0.664. The molecule has 0 aliphatic rings. The molecule has 0 saturated heterocycles. The Labute approximate surface area is 480 Å². The molecule has 0 unspecified atom stereocenters. The number of aryl methyl sites for hydroxylation is 2. The Hall–Kier alpha value is -2.24. The normalized spacial score (nSPS) is 11.6. The van der Waals surface area contributed by atoms with Gasteiger partial charge in [-0.15, -0.1) is 0 Å². The van der Waals surface area contributed by atoms with Crippen LogP contribution >= 0.6 is 0 Å². The molecule has 0 aromatic heterocycles. The van der Waals surface area contributed by atoms with Crippen LogP contribution in [-0.4, -0.2) is 12.2 Å². The molecule has 6 heteroatoms. The summed E-state index contributed by atoms with van der Waals surface area (Å²) in [7, 11) is 0. The molecular weight excluding hydrogens is 945 g/mol. The molecule has 6 nitrogen and oxygen atoms in total. The van der Waals surface area contributed by atoms with Crippen molar-refractivity contribution in [3.63, 3.8) is 0 Å². The van der Waals surface area contributed by atoms with Gasteiger partial charge in [-0.3, -0.25) is 0 Å². The van der Waals surface area contributed by atoms with E-state index in [1.807, 2.05) is 6.07 Å². The van der Waals surface area contributed by atoms with Crippen LogP contribution in [0.2, 0.25) is 0 Å². The predicted molar refractivity (Wildman–Crippen MR) is 337 cm³/mol. The van der Waals surface area contributed by atoms with Gasteiger partial charge in [-0.05, 0) is 36.8 Å².